The van der Waals surface area contributed by atoms with Crippen molar-refractivity contribution >= 4 is 46.9 Å². The van der Waals surface area contributed by atoms with Crippen LogP contribution in [0.3, 0.4) is 0 Å². The second-order valence-corrected chi connectivity index (χ2v) is 13.7. The molecule has 0 aromatic heterocycles. The Kier molecular flexibility index (Phi) is 17.5. The monoisotopic (exact) mass is 774 g/mol. The van der Waals surface area contributed by atoms with Crippen molar-refractivity contribution in [2.24, 2.45) is 11.8 Å². The zero-order valence-electron chi connectivity index (χ0n) is 28.3. The van der Waals surface area contributed by atoms with Gasteiger partial charge in [-0.2, -0.15) is 0 Å². The third-order valence-corrected chi connectivity index (χ3v) is 9.05. The maximum Gasteiger partial charge on any atom is 0.217 e. The van der Waals surface area contributed by atoms with E-state index >= 15 is 0 Å². The Morgan fingerprint density at radius 1 is 0.627 bits per heavy atom. The first-order valence-electron chi connectivity index (χ1n) is 16.3. The Bertz CT molecular complexity index is 1160. The normalized spacial score (nSPS) is 38.4. The van der Waals surface area contributed by atoms with Gasteiger partial charge in [-0.1, -0.05) is 12.2 Å². The molecule has 3 aliphatic heterocycles. The van der Waals surface area contributed by atoms with Gasteiger partial charge in [-0.05, 0) is 0 Å². The van der Waals surface area contributed by atoms with Gasteiger partial charge in [-0.3, -0.25) is 19.2 Å². The smallest absolute Gasteiger partial charge is 0.217 e. The van der Waals surface area contributed by atoms with E-state index in [0.29, 0.717) is 0 Å². The maximum absolute atomic E-state index is 12.4. The van der Waals surface area contributed by atoms with Crippen LogP contribution in [0.4, 0.5) is 0 Å². The summed E-state index contributed by atoms with van der Waals surface area (Å²) in [4.78, 5) is 41.7. The molecule has 0 aliphatic carbocycles. The van der Waals surface area contributed by atoms with E-state index in [4.69, 9.17) is 40.7 Å². The highest BCUT2D eigenvalue weighted by molar-refractivity contribution is 8.11. The van der Waals surface area contributed by atoms with E-state index < -0.39 is 129 Å². The molecule has 294 valence electrons. The van der Waals surface area contributed by atoms with E-state index in [1.807, 2.05) is 0 Å². The average Bonchev–Trinajstić information content (AvgIpc) is 3.06. The molecule has 0 aromatic rings. The minimum Gasteiger partial charge on any atom is -0.394 e. The second kappa shape index (κ2) is 20.5. The topological polar surface area (TPSA) is 296 Å². The van der Waals surface area contributed by atoms with Gasteiger partial charge >= 0.3 is 0 Å². The van der Waals surface area contributed by atoms with Crippen LogP contribution in [0.2, 0.25) is 0 Å². The Morgan fingerprint density at radius 3 is 1.63 bits per heavy atom. The van der Waals surface area contributed by atoms with Crippen LogP contribution < -0.4 is 21.4 Å². The van der Waals surface area contributed by atoms with Crippen molar-refractivity contribution in [2.75, 3.05) is 46.2 Å². The van der Waals surface area contributed by atoms with Gasteiger partial charge in [0.15, 0.2) is 10.6 Å². The lowest BCUT2D eigenvalue weighted by Gasteiger charge is -2.47. The number of thiol groups is 1. The average molecular weight is 775 g/mol. The molecule has 0 bridgehead atoms. The molecule has 3 fully saturated rings. The van der Waals surface area contributed by atoms with Crippen molar-refractivity contribution in [2.45, 2.75) is 100 Å². The summed E-state index contributed by atoms with van der Waals surface area (Å²) in [6, 6.07) is -3.30. The molecule has 3 amide bonds. The molecule has 3 aliphatic rings. The third-order valence-electron chi connectivity index (χ3n) is 8.87. The molecule has 51 heavy (non-hydrogen) atoms. The van der Waals surface area contributed by atoms with Crippen LogP contribution in [0.5, 0.6) is 0 Å². The molecule has 15 atom stereocenters. The molecule has 22 heteroatoms. The summed E-state index contributed by atoms with van der Waals surface area (Å²) < 4.78 is 29.1. The van der Waals surface area contributed by atoms with E-state index in [0.717, 1.165) is 0 Å². The SMILES string of the molecule is CC(=O)NC1[C@H](COC[C@H]2C(CO)O[C@@H](COC[C@@H]3C(CO)O[C@@H](O)C(NC(C)=O)[C@H]3O)C(NC(C)=O)[C@H]2ONC(=S)S)OC(CO)[C@@H](O)[C@@H]1O. The van der Waals surface area contributed by atoms with E-state index in [9.17, 15) is 50.1 Å². The summed E-state index contributed by atoms with van der Waals surface area (Å²) >= 11 is 9.02. The van der Waals surface area contributed by atoms with Crippen LogP contribution in [0.15, 0.2) is 0 Å². The summed E-state index contributed by atoms with van der Waals surface area (Å²) in [5, 5.41) is 79.7. The maximum atomic E-state index is 12.4. The minimum atomic E-state index is -1.59. The van der Waals surface area contributed by atoms with Gasteiger partial charge in [0, 0.05) is 32.6 Å². The molecule has 20 nitrogen and oxygen atoms in total. The summed E-state index contributed by atoms with van der Waals surface area (Å²) in [5.41, 5.74) is 2.47. The Morgan fingerprint density at radius 2 is 1.10 bits per heavy atom. The number of hydrogen-bond donors (Lipinski definition) is 12. The van der Waals surface area contributed by atoms with Crippen molar-refractivity contribution in [3.8, 4) is 0 Å². The van der Waals surface area contributed by atoms with Crippen LogP contribution in [0.25, 0.3) is 0 Å². The fraction of sp³-hybridized carbons (Fsp3) is 0.862. The first kappa shape index (κ1) is 43.5. The summed E-state index contributed by atoms with van der Waals surface area (Å²) in [6.45, 7) is 0.901. The Hall–Kier alpha value is -1.87. The molecule has 0 saturated carbocycles. The highest BCUT2D eigenvalue weighted by atomic mass is 32.1. The van der Waals surface area contributed by atoms with Crippen molar-refractivity contribution in [1.82, 2.24) is 21.4 Å². The summed E-state index contributed by atoms with van der Waals surface area (Å²) in [6.07, 6.45) is -12.3. The van der Waals surface area contributed by atoms with E-state index in [1.54, 1.807) is 0 Å². The van der Waals surface area contributed by atoms with Crippen LogP contribution in [0.1, 0.15) is 20.8 Å². The van der Waals surface area contributed by atoms with Crippen molar-refractivity contribution < 1.29 is 78.7 Å². The minimum absolute atomic E-state index is 0.0651. The predicted molar refractivity (Wildman–Crippen MR) is 179 cm³/mol. The fourth-order valence-corrected chi connectivity index (χ4v) is 6.60. The molecule has 3 saturated heterocycles. The van der Waals surface area contributed by atoms with Crippen molar-refractivity contribution in [1.29, 1.82) is 0 Å². The molecule has 0 radical (unpaired) electrons. The predicted octanol–water partition coefficient (Wildman–Crippen LogP) is -5.82. The number of aliphatic hydroxyl groups excluding tert-OH is 7. The Balaban J connectivity index is 1.79. The van der Waals surface area contributed by atoms with Gasteiger partial charge in [0.2, 0.25) is 17.7 Å². The lowest BCUT2D eigenvalue weighted by molar-refractivity contribution is -0.249. The number of hydroxylamine groups is 1. The number of ether oxygens (including phenoxy) is 5. The number of hydrogen-bond acceptors (Lipinski definition) is 17. The standard InChI is InChI=1S/C29H50N4O16S2/c1-11(37)30-21-19(47-18(6-36)25(41)26(21)42)9-45-8-15-17(5-35)46-20(22(31-12(2)38)27(15)49-33-29(50)51)10-44-7-14-16(4-34)48-28(43)23(24(14)40)32-13(3)39/h14-28,34-36,40-43H,4-10H2,1-3H3,(H,30,37)(H,31,38)(H,32,39)(H2,33,50,51)/t14-,15+,16?,17?,18?,19+,20+,21?,22?,23?,24+,25-,26-,27+,28-/m1/s1. The van der Waals surface area contributed by atoms with Crippen LogP contribution in [0, 0.1) is 11.8 Å². The van der Waals surface area contributed by atoms with E-state index in [2.05, 4.69) is 34.1 Å². The first-order chi connectivity index (χ1) is 24.1. The molecule has 6 unspecified atom stereocenters. The largest absolute Gasteiger partial charge is 0.394 e. The van der Waals surface area contributed by atoms with E-state index in [-0.39, 0.29) is 30.7 Å². The van der Waals surface area contributed by atoms with Gasteiger partial charge in [0.25, 0.3) is 0 Å². The summed E-state index contributed by atoms with van der Waals surface area (Å²) in [7, 11) is 0. The number of nitrogens with one attached hydrogen (secondary N) is 4. The lowest BCUT2D eigenvalue weighted by Crippen LogP contribution is -2.66. The highest BCUT2D eigenvalue weighted by Crippen LogP contribution is 2.31. The van der Waals surface area contributed by atoms with Crippen LogP contribution in [-0.2, 0) is 42.9 Å². The molecule has 3 rings (SSSR count). The number of aliphatic hydroxyl groups is 7. The summed E-state index contributed by atoms with van der Waals surface area (Å²) in [5.74, 6) is -3.29. The number of rotatable bonds is 16. The van der Waals surface area contributed by atoms with Crippen molar-refractivity contribution in [3.63, 3.8) is 0 Å². The zero-order valence-corrected chi connectivity index (χ0v) is 30.0. The van der Waals surface area contributed by atoms with Gasteiger partial charge in [-0.15, -0.1) is 12.6 Å². The number of carbonyl (C=O) groups is 3. The molecule has 3 heterocycles. The van der Waals surface area contributed by atoms with Gasteiger partial charge < -0.3 is 75.4 Å². The molecular weight excluding hydrogens is 724 g/mol. The van der Waals surface area contributed by atoms with Crippen LogP contribution in [-0.4, -0.2) is 183 Å². The molecular formula is C29H50N4O16S2. The molecule has 0 aromatic carbocycles. The number of thiocarbonyl (C=S) groups is 1. The quantitative estimate of drug-likeness (QED) is 0.0395. The number of amides is 3. The van der Waals surface area contributed by atoms with Crippen LogP contribution >= 0.6 is 24.8 Å². The fourth-order valence-electron chi connectivity index (χ4n) is 6.50. The van der Waals surface area contributed by atoms with E-state index in [1.165, 1.54) is 20.8 Å². The van der Waals surface area contributed by atoms with Gasteiger partial charge in [0.1, 0.15) is 42.7 Å². The van der Waals surface area contributed by atoms with Gasteiger partial charge in [0.05, 0.1) is 76.6 Å². The van der Waals surface area contributed by atoms with Gasteiger partial charge in [-0.25, -0.2) is 5.48 Å². The van der Waals surface area contributed by atoms with Crippen molar-refractivity contribution in [3.05, 3.63) is 0 Å². The highest BCUT2D eigenvalue weighted by Gasteiger charge is 2.50. The third kappa shape index (κ3) is 11.8. The number of carbonyl (C=O) groups excluding carboxylic acids is 3. The molecule has 0 spiro atoms. The Labute approximate surface area is 304 Å². The lowest BCUT2D eigenvalue weighted by atomic mass is 9.85. The first-order valence-corrected chi connectivity index (χ1v) is 17.1. The molecule has 11 N–H and O–H groups in total. The zero-order chi connectivity index (χ0) is 38.0. The second-order valence-electron chi connectivity index (χ2n) is 12.6.